The minimum Gasteiger partial charge on any atom is -0.390 e. The van der Waals surface area contributed by atoms with Gasteiger partial charge in [0.2, 0.25) is 0 Å². The maximum atomic E-state index is 15.2. The molecule has 0 amide bonds. The van der Waals surface area contributed by atoms with Crippen LogP contribution in [0.5, 0.6) is 0 Å². The van der Waals surface area contributed by atoms with Crippen LogP contribution in [0.1, 0.15) is 54.2 Å². The number of aliphatic hydroxyl groups is 2. The molecule has 1 saturated carbocycles. The Labute approximate surface area is 230 Å². The van der Waals surface area contributed by atoms with Crippen LogP contribution in [0, 0.1) is 23.4 Å². The van der Waals surface area contributed by atoms with Crippen LogP contribution in [-0.4, -0.2) is 64.0 Å². The van der Waals surface area contributed by atoms with Crippen molar-refractivity contribution in [2.45, 2.75) is 50.7 Å². The first-order chi connectivity index (χ1) is 19.1. The summed E-state index contributed by atoms with van der Waals surface area (Å²) in [6.07, 6.45) is 3.03. The van der Waals surface area contributed by atoms with Crippen LogP contribution in [0.25, 0.3) is 11.3 Å². The average Bonchev–Trinajstić information content (AvgIpc) is 2.93. The first-order valence-corrected chi connectivity index (χ1v) is 13.4. The van der Waals surface area contributed by atoms with Crippen molar-refractivity contribution in [2.75, 3.05) is 31.2 Å². The molecule has 0 unspecified atom stereocenters. The van der Waals surface area contributed by atoms with Gasteiger partial charge in [0.25, 0.3) is 0 Å². The molecule has 7 nitrogen and oxygen atoms in total. The molecule has 0 bridgehead atoms. The van der Waals surface area contributed by atoms with Crippen molar-refractivity contribution in [1.29, 1.82) is 0 Å². The first kappa shape index (κ1) is 28.2. The molecule has 1 saturated heterocycles. The third kappa shape index (κ3) is 5.48. The molecule has 1 aliphatic carbocycles. The number of anilines is 1. The lowest BCUT2D eigenvalue weighted by atomic mass is 9.68. The summed E-state index contributed by atoms with van der Waals surface area (Å²) in [7, 11) is 0. The Kier molecular flexibility index (Phi) is 7.94. The molecule has 2 aromatic heterocycles. The fraction of sp³-hybridized carbons (Fsp3) is 0.433. The fourth-order valence-electron chi connectivity index (χ4n) is 5.66. The predicted molar refractivity (Wildman–Crippen MR) is 143 cm³/mol. The van der Waals surface area contributed by atoms with Crippen LogP contribution < -0.4 is 4.90 Å². The Morgan fingerprint density at radius 2 is 1.80 bits per heavy atom. The smallest absolute Gasteiger partial charge is 0.185 e. The number of aromatic nitrogens is 2. The van der Waals surface area contributed by atoms with Crippen molar-refractivity contribution in [3.05, 3.63) is 77.0 Å². The number of aliphatic hydroxyl groups excluding tert-OH is 1. The van der Waals surface area contributed by atoms with Crippen LogP contribution in [0.15, 0.2) is 42.7 Å². The largest absolute Gasteiger partial charge is 0.390 e. The number of ketones is 1. The number of carbonyl (C=O) groups is 1. The van der Waals surface area contributed by atoms with Crippen LogP contribution in [0.4, 0.5) is 18.9 Å². The number of benzene rings is 1. The second-order valence-electron chi connectivity index (χ2n) is 10.9. The molecule has 0 radical (unpaired) electrons. The van der Waals surface area contributed by atoms with Gasteiger partial charge in [0.1, 0.15) is 28.8 Å². The number of Topliss-reactive ketones (excluding diaryl/α,β-unsaturated/α-hetero) is 1. The number of hydrogen-bond acceptors (Lipinski definition) is 7. The summed E-state index contributed by atoms with van der Waals surface area (Å²) in [5.41, 5.74) is -0.805. The van der Waals surface area contributed by atoms with Gasteiger partial charge >= 0.3 is 0 Å². The number of morpholine rings is 1. The number of carbonyl (C=O) groups excluding carboxylic acids is 1. The maximum Gasteiger partial charge on any atom is 0.185 e. The number of hydrogen-bond donors (Lipinski definition) is 2. The van der Waals surface area contributed by atoms with E-state index in [2.05, 4.69) is 9.97 Å². The highest BCUT2D eigenvalue weighted by atomic mass is 19.1. The average molecular weight is 556 g/mol. The van der Waals surface area contributed by atoms with E-state index in [9.17, 15) is 19.4 Å². The second kappa shape index (κ2) is 11.3. The highest BCUT2D eigenvalue weighted by Gasteiger charge is 2.43. The topological polar surface area (TPSA) is 95.8 Å². The van der Waals surface area contributed by atoms with E-state index < -0.39 is 46.2 Å². The van der Waals surface area contributed by atoms with Crippen molar-refractivity contribution in [2.24, 2.45) is 5.92 Å². The van der Waals surface area contributed by atoms with Gasteiger partial charge < -0.3 is 19.8 Å². The summed E-state index contributed by atoms with van der Waals surface area (Å²) in [5.74, 6) is -3.68. The number of nitrogens with zero attached hydrogens (tertiary/aromatic N) is 3. The highest BCUT2D eigenvalue weighted by molar-refractivity contribution is 5.96. The molecule has 3 heterocycles. The standard InChI is InChI=1S/C30H32F3N3O4/c1-17-11-18(13-27(38)30(17,2)39)21-5-6-34-16-19(21)12-26(37)25-4-3-22(31)29(35-25)28-23(32)14-20(15-24(28)33)36-7-9-40-10-8-36/h3-6,14-18,27,38-39H,7-13H2,1-2H3/t17-,18+,27+,30+/m0/s1. The lowest BCUT2D eigenvalue weighted by molar-refractivity contribution is -0.123. The third-order valence-corrected chi connectivity index (χ3v) is 8.32. The Morgan fingerprint density at radius 3 is 2.48 bits per heavy atom. The molecule has 10 heteroatoms. The van der Waals surface area contributed by atoms with Gasteiger partial charge in [0.15, 0.2) is 5.78 Å². The monoisotopic (exact) mass is 555 g/mol. The minimum absolute atomic E-state index is 0.110. The zero-order valence-corrected chi connectivity index (χ0v) is 22.4. The normalized spacial score (nSPS) is 25.2. The van der Waals surface area contributed by atoms with Crippen molar-refractivity contribution < 1.29 is 32.9 Å². The van der Waals surface area contributed by atoms with Gasteiger partial charge in [-0.1, -0.05) is 6.92 Å². The summed E-state index contributed by atoms with van der Waals surface area (Å²) in [5, 5.41) is 21.1. The summed E-state index contributed by atoms with van der Waals surface area (Å²) in [4.78, 5) is 23.3. The van der Waals surface area contributed by atoms with Gasteiger partial charge in [0.05, 0.1) is 30.5 Å². The number of rotatable bonds is 6. The van der Waals surface area contributed by atoms with E-state index in [0.29, 0.717) is 50.4 Å². The van der Waals surface area contributed by atoms with E-state index in [1.165, 1.54) is 6.07 Å². The molecule has 212 valence electrons. The van der Waals surface area contributed by atoms with Gasteiger partial charge in [-0.2, -0.15) is 0 Å². The van der Waals surface area contributed by atoms with E-state index >= 15 is 8.78 Å². The molecule has 1 aromatic carbocycles. The van der Waals surface area contributed by atoms with E-state index in [1.807, 2.05) is 6.92 Å². The van der Waals surface area contributed by atoms with Crippen molar-refractivity contribution >= 4 is 11.5 Å². The lowest BCUT2D eigenvalue weighted by Gasteiger charge is -2.43. The lowest BCUT2D eigenvalue weighted by Crippen LogP contribution is -2.49. The van der Waals surface area contributed by atoms with Gasteiger partial charge in [-0.25, -0.2) is 18.2 Å². The van der Waals surface area contributed by atoms with E-state index in [1.54, 1.807) is 30.3 Å². The maximum absolute atomic E-state index is 15.2. The molecule has 5 rings (SSSR count). The van der Waals surface area contributed by atoms with Gasteiger partial charge in [-0.05, 0) is 73.1 Å². The van der Waals surface area contributed by atoms with Gasteiger partial charge in [-0.15, -0.1) is 0 Å². The quantitative estimate of drug-likeness (QED) is 0.434. The van der Waals surface area contributed by atoms with Crippen LogP contribution in [0.2, 0.25) is 0 Å². The Balaban J connectivity index is 1.41. The highest BCUT2D eigenvalue weighted by Crippen LogP contribution is 2.42. The SMILES string of the molecule is C[C@H]1C[C@@H](c2ccncc2CC(=O)c2ccc(F)c(-c3c(F)cc(N4CCOCC4)cc3F)n2)C[C@@H](O)[C@]1(C)O. The van der Waals surface area contributed by atoms with Gasteiger partial charge in [-0.3, -0.25) is 9.78 Å². The zero-order valence-electron chi connectivity index (χ0n) is 22.4. The van der Waals surface area contributed by atoms with E-state index in [-0.39, 0.29) is 24.0 Å². The second-order valence-corrected chi connectivity index (χ2v) is 10.9. The molecule has 2 N–H and O–H groups in total. The van der Waals surface area contributed by atoms with Crippen molar-refractivity contribution in [3.63, 3.8) is 0 Å². The van der Waals surface area contributed by atoms with E-state index in [0.717, 1.165) is 23.8 Å². The Bertz CT molecular complexity index is 1370. The van der Waals surface area contributed by atoms with E-state index in [4.69, 9.17) is 4.74 Å². The predicted octanol–water partition coefficient (Wildman–Crippen LogP) is 4.45. The molecule has 40 heavy (non-hydrogen) atoms. The zero-order chi connectivity index (χ0) is 28.6. The summed E-state index contributed by atoms with van der Waals surface area (Å²) >= 11 is 0. The van der Waals surface area contributed by atoms with Crippen LogP contribution in [0.3, 0.4) is 0 Å². The Morgan fingerprint density at radius 1 is 1.10 bits per heavy atom. The minimum atomic E-state index is -1.21. The molecule has 2 fully saturated rings. The summed E-state index contributed by atoms with van der Waals surface area (Å²) in [6, 6.07) is 6.24. The van der Waals surface area contributed by atoms with Crippen molar-refractivity contribution in [3.8, 4) is 11.3 Å². The number of ether oxygens (including phenoxy) is 1. The fourth-order valence-corrected chi connectivity index (χ4v) is 5.66. The molecular formula is C30H32F3N3O4. The number of halogens is 3. The third-order valence-electron chi connectivity index (χ3n) is 8.32. The molecule has 3 aromatic rings. The first-order valence-electron chi connectivity index (χ1n) is 13.4. The molecule has 1 aliphatic heterocycles. The summed E-state index contributed by atoms with van der Waals surface area (Å²) in [6.45, 7) is 5.31. The van der Waals surface area contributed by atoms with Crippen molar-refractivity contribution in [1.82, 2.24) is 9.97 Å². The Hall–Kier alpha value is -3.34. The molecule has 2 aliphatic rings. The molecular weight excluding hydrogens is 523 g/mol. The molecule has 0 spiro atoms. The van der Waals surface area contributed by atoms with Gasteiger partial charge in [0, 0.05) is 37.6 Å². The molecule has 4 atom stereocenters. The number of pyridine rings is 2. The van der Waals surface area contributed by atoms with Crippen LogP contribution >= 0.6 is 0 Å². The van der Waals surface area contributed by atoms with Crippen LogP contribution in [-0.2, 0) is 11.2 Å². The summed E-state index contributed by atoms with van der Waals surface area (Å²) < 4.78 is 50.4.